The van der Waals surface area contributed by atoms with Gasteiger partial charge in [0, 0.05) is 11.4 Å². The molecule has 0 atom stereocenters. The molecule has 2 heterocycles. The Morgan fingerprint density at radius 2 is 2.16 bits per heavy atom. The van der Waals surface area contributed by atoms with Crippen LogP contribution in [0.5, 0.6) is 0 Å². The summed E-state index contributed by atoms with van der Waals surface area (Å²) in [5.74, 6) is 0.671. The van der Waals surface area contributed by atoms with Gasteiger partial charge in [-0.3, -0.25) is 10.1 Å². The van der Waals surface area contributed by atoms with E-state index in [-0.39, 0.29) is 11.5 Å². The molecule has 7 nitrogen and oxygen atoms in total. The first-order chi connectivity index (χ1) is 8.97. The molecule has 0 spiro atoms. The zero-order valence-corrected chi connectivity index (χ0v) is 11.3. The van der Waals surface area contributed by atoms with E-state index in [1.165, 1.54) is 23.5 Å². The molecule has 0 amide bonds. The minimum Gasteiger partial charge on any atom is -0.378 e. The Bertz CT molecular complexity index is 611. The molecule has 3 N–H and O–H groups in total. The van der Waals surface area contributed by atoms with Gasteiger partial charge in [-0.2, -0.15) is 0 Å². The summed E-state index contributed by atoms with van der Waals surface area (Å²) in [6, 6.07) is 2.83. The average Bonchev–Trinajstić information content (AvgIpc) is 2.77. The van der Waals surface area contributed by atoms with E-state index in [4.69, 9.17) is 5.73 Å². The first-order valence-electron chi connectivity index (χ1n) is 5.60. The molecule has 8 heteroatoms. The minimum atomic E-state index is -0.563. The molecule has 0 aliphatic heterocycles. The molecule has 0 saturated heterocycles. The van der Waals surface area contributed by atoms with Gasteiger partial charge in [-0.05, 0) is 12.0 Å². The van der Waals surface area contributed by atoms with Crippen LogP contribution in [0, 0.1) is 10.1 Å². The summed E-state index contributed by atoms with van der Waals surface area (Å²) in [6.07, 6.45) is 0. The van der Waals surface area contributed by atoms with Crippen LogP contribution in [-0.2, 0) is 0 Å². The molecule has 0 saturated carbocycles. The van der Waals surface area contributed by atoms with E-state index < -0.39 is 4.92 Å². The van der Waals surface area contributed by atoms with Crippen molar-refractivity contribution in [3.8, 4) is 0 Å². The maximum absolute atomic E-state index is 10.6. The van der Waals surface area contributed by atoms with E-state index in [0.29, 0.717) is 16.9 Å². The monoisotopic (exact) mass is 279 g/mol. The van der Waals surface area contributed by atoms with E-state index in [9.17, 15) is 10.1 Å². The van der Waals surface area contributed by atoms with Crippen LogP contribution in [0.25, 0.3) is 0 Å². The van der Waals surface area contributed by atoms with E-state index in [2.05, 4.69) is 29.1 Å². The second-order valence-corrected chi connectivity index (χ2v) is 5.07. The Labute approximate surface area is 113 Å². The summed E-state index contributed by atoms with van der Waals surface area (Å²) >= 11 is 1.45. The number of hydrogen-bond acceptors (Lipinski definition) is 7. The summed E-state index contributed by atoms with van der Waals surface area (Å²) in [7, 11) is 0. The Morgan fingerprint density at radius 3 is 2.68 bits per heavy atom. The molecule has 0 aliphatic carbocycles. The van der Waals surface area contributed by atoms with Gasteiger partial charge >= 0.3 is 5.69 Å². The van der Waals surface area contributed by atoms with Gasteiger partial charge in [0.1, 0.15) is 5.82 Å². The van der Waals surface area contributed by atoms with E-state index >= 15 is 0 Å². The molecule has 0 radical (unpaired) electrons. The van der Waals surface area contributed by atoms with Crippen molar-refractivity contribution >= 4 is 33.8 Å². The lowest BCUT2D eigenvalue weighted by Gasteiger charge is -2.03. The van der Waals surface area contributed by atoms with Crippen molar-refractivity contribution in [2.75, 3.05) is 11.1 Å². The maximum atomic E-state index is 10.6. The Hall–Kier alpha value is -2.22. The lowest BCUT2D eigenvalue weighted by Crippen LogP contribution is -2.01. The van der Waals surface area contributed by atoms with Crippen molar-refractivity contribution in [1.82, 2.24) is 9.97 Å². The number of nitrogens with zero attached hydrogens (tertiary/aromatic N) is 3. The third kappa shape index (κ3) is 2.97. The molecule has 0 unspecified atom stereocenters. The van der Waals surface area contributed by atoms with Gasteiger partial charge in [-0.25, -0.2) is 9.97 Å². The number of nitrogens with one attached hydrogen (secondary N) is 1. The quantitative estimate of drug-likeness (QED) is 0.658. The van der Waals surface area contributed by atoms with Gasteiger partial charge in [0.25, 0.3) is 0 Å². The van der Waals surface area contributed by atoms with Crippen LogP contribution in [0.2, 0.25) is 0 Å². The number of nitrogens with two attached hydrogens (primary N) is 1. The second-order valence-electron chi connectivity index (χ2n) is 4.22. The summed E-state index contributed by atoms with van der Waals surface area (Å²) in [4.78, 5) is 18.4. The molecule has 2 aromatic heterocycles. The highest BCUT2D eigenvalue weighted by atomic mass is 32.1. The lowest BCUT2D eigenvalue weighted by atomic mass is 10.2. The maximum Gasteiger partial charge on any atom is 0.311 e. The van der Waals surface area contributed by atoms with E-state index in [1.807, 2.05) is 5.38 Å². The fourth-order valence-corrected chi connectivity index (χ4v) is 2.29. The minimum absolute atomic E-state index is 0.115. The fraction of sp³-hybridized carbons (Fsp3) is 0.273. The molecule has 0 fully saturated rings. The summed E-state index contributed by atoms with van der Waals surface area (Å²) < 4.78 is 0. The highest BCUT2D eigenvalue weighted by Gasteiger charge is 2.13. The Kier molecular flexibility index (Phi) is 3.61. The smallest absolute Gasteiger partial charge is 0.311 e. The zero-order chi connectivity index (χ0) is 14.0. The molecule has 2 rings (SSSR count). The van der Waals surface area contributed by atoms with Crippen molar-refractivity contribution in [2.45, 2.75) is 19.8 Å². The molecule has 100 valence electrons. The molecular weight excluding hydrogens is 266 g/mol. The van der Waals surface area contributed by atoms with E-state index in [1.54, 1.807) is 0 Å². The Balaban J connectivity index is 2.19. The normalized spacial score (nSPS) is 10.7. The van der Waals surface area contributed by atoms with Gasteiger partial charge in [-0.1, -0.05) is 13.8 Å². The molecule has 2 aromatic rings. The summed E-state index contributed by atoms with van der Waals surface area (Å²) in [5.41, 5.74) is 6.31. The number of pyridine rings is 1. The number of nitrogen functional groups attached to an aromatic ring is 1. The lowest BCUT2D eigenvalue weighted by molar-refractivity contribution is -0.384. The van der Waals surface area contributed by atoms with Crippen molar-refractivity contribution in [3.05, 3.63) is 33.3 Å². The van der Waals surface area contributed by atoms with Crippen molar-refractivity contribution < 1.29 is 4.92 Å². The highest BCUT2D eigenvalue weighted by Crippen LogP contribution is 2.26. The van der Waals surface area contributed by atoms with Crippen LogP contribution in [-0.4, -0.2) is 14.9 Å². The third-order valence-electron chi connectivity index (χ3n) is 2.45. The van der Waals surface area contributed by atoms with Crippen LogP contribution in [0.15, 0.2) is 17.5 Å². The molecule has 0 aromatic carbocycles. The van der Waals surface area contributed by atoms with Crippen LogP contribution in [0.3, 0.4) is 0 Å². The number of rotatable bonds is 4. The van der Waals surface area contributed by atoms with Crippen molar-refractivity contribution in [3.63, 3.8) is 0 Å². The van der Waals surface area contributed by atoms with Crippen LogP contribution in [0.1, 0.15) is 25.5 Å². The second kappa shape index (κ2) is 5.19. The molecular formula is C11H13N5O2S. The van der Waals surface area contributed by atoms with Gasteiger partial charge in [0.15, 0.2) is 5.13 Å². The molecule has 19 heavy (non-hydrogen) atoms. The Morgan fingerprint density at radius 1 is 1.42 bits per heavy atom. The largest absolute Gasteiger partial charge is 0.378 e. The highest BCUT2D eigenvalue weighted by molar-refractivity contribution is 7.13. The zero-order valence-electron chi connectivity index (χ0n) is 10.5. The fourth-order valence-electron chi connectivity index (χ4n) is 1.41. The van der Waals surface area contributed by atoms with Crippen LogP contribution in [0.4, 0.5) is 22.5 Å². The van der Waals surface area contributed by atoms with Gasteiger partial charge < -0.3 is 11.1 Å². The van der Waals surface area contributed by atoms with Crippen LogP contribution < -0.4 is 11.1 Å². The average molecular weight is 279 g/mol. The number of nitro groups is 1. The predicted molar refractivity (Wildman–Crippen MR) is 74.8 cm³/mol. The van der Waals surface area contributed by atoms with E-state index in [0.717, 1.165) is 5.69 Å². The molecule has 0 aliphatic rings. The topological polar surface area (TPSA) is 107 Å². The van der Waals surface area contributed by atoms with Gasteiger partial charge in [-0.15, -0.1) is 11.3 Å². The third-order valence-corrected chi connectivity index (χ3v) is 3.22. The number of hydrogen-bond donors (Lipinski definition) is 2. The van der Waals surface area contributed by atoms with Gasteiger partial charge in [0.05, 0.1) is 10.6 Å². The first kappa shape index (κ1) is 13.2. The van der Waals surface area contributed by atoms with Crippen molar-refractivity contribution in [2.24, 2.45) is 0 Å². The first-order valence-corrected chi connectivity index (χ1v) is 6.48. The molecule has 0 bridgehead atoms. The number of anilines is 3. The number of thiazole rings is 1. The number of aromatic nitrogens is 2. The van der Waals surface area contributed by atoms with Gasteiger partial charge in [0.2, 0.25) is 5.82 Å². The predicted octanol–water partition coefficient (Wildman–Crippen LogP) is 2.90. The summed E-state index contributed by atoms with van der Waals surface area (Å²) in [5, 5.41) is 16.2. The van der Waals surface area contributed by atoms with Crippen LogP contribution >= 0.6 is 11.3 Å². The summed E-state index contributed by atoms with van der Waals surface area (Å²) in [6.45, 7) is 4.11. The SMILES string of the molecule is CC(C)c1csc(Nc2ccc([N+](=O)[O-])c(N)n2)n1. The standard InChI is InChI=1S/C11H13N5O2S/c1-6(2)7-5-19-11(13-7)15-9-4-3-8(16(17)18)10(12)14-9/h3-6H,1-2H3,(H3,12,13,14,15). The van der Waals surface area contributed by atoms with Crippen molar-refractivity contribution in [1.29, 1.82) is 0 Å².